The molecule has 0 radical (unpaired) electrons. The van der Waals surface area contributed by atoms with Crippen LogP contribution in [-0.2, 0) is 0 Å². The Balaban J connectivity index is 2.31. The van der Waals surface area contributed by atoms with Crippen LogP contribution in [0.4, 0.5) is 0 Å². The monoisotopic (exact) mass is 221 g/mol. The molecule has 1 unspecified atom stereocenters. The molecule has 2 rings (SSSR count). The first-order valence-corrected chi connectivity index (χ1v) is 4.77. The number of nitrogens with one attached hydrogen (secondary N) is 2. The zero-order chi connectivity index (χ0) is 11.5. The van der Waals surface area contributed by atoms with Gasteiger partial charge in [-0.1, -0.05) is 0 Å². The SMILES string of the molecule is CNC(C)c1nnc(-c2ccc(=O)[nH]n2)o1. The molecule has 0 saturated heterocycles. The summed E-state index contributed by atoms with van der Waals surface area (Å²) in [7, 11) is 1.80. The van der Waals surface area contributed by atoms with Crippen molar-refractivity contribution in [1.82, 2.24) is 25.7 Å². The molecule has 0 aromatic carbocycles. The molecule has 0 fully saturated rings. The maximum atomic E-state index is 10.8. The lowest BCUT2D eigenvalue weighted by molar-refractivity contribution is 0.440. The van der Waals surface area contributed by atoms with E-state index in [2.05, 4.69) is 25.7 Å². The zero-order valence-electron chi connectivity index (χ0n) is 8.89. The first-order chi connectivity index (χ1) is 7.70. The van der Waals surface area contributed by atoms with Crippen molar-refractivity contribution in [2.75, 3.05) is 7.05 Å². The lowest BCUT2D eigenvalue weighted by Gasteiger charge is -2.01. The van der Waals surface area contributed by atoms with E-state index in [1.54, 1.807) is 7.05 Å². The van der Waals surface area contributed by atoms with E-state index >= 15 is 0 Å². The maximum Gasteiger partial charge on any atom is 0.268 e. The van der Waals surface area contributed by atoms with Crippen molar-refractivity contribution in [2.24, 2.45) is 0 Å². The van der Waals surface area contributed by atoms with Crippen LogP contribution in [0.1, 0.15) is 18.9 Å². The Morgan fingerprint density at radius 3 is 2.88 bits per heavy atom. The molecule has 0 spiro atoms. The Kier molecular flexibility index (Phi) is 2.78. The lowest BCUT2D eigenvalue weighted by Crippen LogP contribution is -2.12. The molecule has 0 aliphatic heterocycles. The van der Waals surface area contributed by atoms with Gasteiger partial charge in [-0.15, -0.1) is 10.2 Å². The number of hydrogen-bond acceptors (Lipinski definition) is 6. The van der Waals surface area contributed by atoms with Crippen molar-refractivity contribution >= 4 is 0 Å². The van der Waals surface area contributed by atoms with Gasteiger partial charge in [0.05, 0.1) is 6.04 Å². The summed E-state index contributed by atoms with van der Waals surface area (Å²) in [5.41, 5.74) is 0.175. The van der Waals surface area contributed by atoms with E-state index < -0.39 is 0 Å². The van der Waals surface area contributed by atoms with Gasteiger partial charge in [0.15, 0.2) is 0 Å². The molecule has 7 heteroatoms. The Bertz CT molecular complexity index is 512. The van der Waals surface area contributed by atoms with E-state index in [4.69, 9.17) is 4.42 Å². The first-order valence-electron chi connectivity index (χ1n) is 4.77. The third-order valence-corrected chi connectivity index (χ3v) is 2.14. The molecule has 0 amide bonds. The summed E-state index contributed by atoms with van der Waals surface area (Å²) in [6, 6.07) is 2.86. The molecular formula is C9H11N5O2. The number of rotatable bonds is 3. The summed E-state index contributed by atoms with van der Waals surface area (Å²) in [6.07, 6.45) is 0. The molecule has 84 valence electrons. The number of nitrogens with zero attached hydrogens (tertiary/aromatic N) is 3. The molecule has 16 heavy (non-hydrogen) atoms. The van der Waals surface area contributed by atoms with Crippen LogP contribution in [0.15, 0.2) is 21.3 Å². The summed E-state index contributed by atoms with van der Waals surface area (Å²) in [5, 5.41) is 16.8. The average Bonchev–Trinajstić information content (AvgIpc) is 2.78. The molecular weight excluding hydrogens is 210 g/mol. The largest absolute Gasteiger partial charge is 0.417 e. The number of hydrogen-bond donors (Lipinski definition) is 2. The fourth-order valence-electron chi connectivity index (χ4n) is 1.10. The third-order valence-electron chi connectivity index (χ3n) is 2.14. The minimum Gasteiger partial charge on any atom is -0.417 e. The highest BCUT2D eigenvalue weighted by Crippen LogP contribution is 2.16. The van der Waals surface area contributed by atoms with Gasteiger partial charge in [0.1, 0.15) is 5.69 Å². The highest BCUT2D eigenvalue weighted by Gasteiger charge is 2.13. The van der Waals surface area contributed by atoms with Crippen LogP contribution >= 0.6 is 0 Å². The second-order valence-corrected chi connectivity index (χ2v) is 3.26. The van der Waals surface area contributed by atoms with Gasteiger partial charge in [0.25, 0.3) is 11.4 Å². The van der Waals surface area contributed by atoms with Crippen molar-refractivity contribution < 1.29 is 4.42 Å². The van der Waals surface area contributed by atoms with Crippen LogP contribution in [0.25, 0.3) is 11.6 Å². The van der Waals surface area contributed by atoms with E-state index in [0.29, 0.717) is 11.6 Å². The van der Waals surface area contributed by atoms with Gasteiger partial charge >= 0.3 is 0 Å². The highest BCUT2D eigenvalue weighted by atomic mass is 16.4. The summed E-state index contributed by atoms with van der Waals surface area (Å²) < 4.78 is 5.39. The smallest absolute Gasteiger partial charge is 0.268 e. The maximum absolute atomic E-state index is 10.8. The fourth-order valence-corrected chi connectivity index (χ4v) is 1.10. The van der Waals surface area contributed by atoms with Crippen LogP contribution in [-0.4, -0.2) is 27.4 Å². The predicted molar refractivity (Wildman–Crippen MR) is 55.6 cm³/mol. The van der Waals surface area contributed by atoms with Crippen molar-refractivity contribution in [2.45, 2.75) is 13.0 Å². The molecule has 2 aromatic rings. The summed E-state index contributed by atoms with van der Waals surface area (Å²) in [4.78, 5) is 10.8. The number of aromatic amines is 1. The third kappa shape index (κ3) is 1.98. The highest BCUT2D eigenvalue weighted by molar-refractivity contribution is 5.43. The van der Waals surface area contributed by atoms with Crippen LogP contribution in [0.3, 0.4) is 0 Å². The lowest BCUT2D eigenvalue weighted by atomic mass is 10.3. The predicted octanol–water partition coefficient (Wildman–Crippen LogP) is 0.100. The van der Waals surface area contributed by atoms with Crippen molar-refractivity contribution in [3.63, 3.8) is 0 Å². The molecule has 2 aromatic heterocycles. The minimum atomic E-state index is -0.271. The zero-order valence-corrected chi connectivity index (χ0v) is 8.89. The van der Waals surface area contributed by atoms with Gasteiger partial charge in [-0.2, -0.15) is 5.10 Å². The molecule has 0 bridgehead atoms. The molecule has 2 heterocycles. The quantitative estimate of drug-likeness (QED) is 0.763. The second-order valence-electron chi connectivity index (χ2n) is 3.26. The summed E-state index contributed by atoms with van der Waals surface area (Å²) in [5.74, 6) is 0.763. The van der Waals surface area contributed by atoms with Crippen LogP contribution in [0, 0.1) is 0 Å². The Hall–Kier alpha value is -2.02. The minimum absolute atomic E-state index is 0.0241. The van der Waals surface area contributed by atoms with Crippen LogP contribution in [0.5, 0.6) is 0 Å². The molecule has 1 atom stereocenters. The van der Waals surface area contributed by atoms with Gasteiger partial charge in [-0.05, 0) is 20.0 Å². The molecule has 0 aliphatic rings. The van der Waals surface area contributed by atoms with E-state index in [1.807, 2.05) is 6.92 Å². The van der Waals surface area contributed by atoms with Crippen LogP contribution < -0.4 is 10.9 Å². The van der Waals surface area contributed by atoms with Crippen molar-refractivity contribution in [3.8, 4) is 11.6 Å². The molecule has 0 saturated carbocycles. The van der Waals surface area contributed by atoms with Crippen LogP contribution in [0.2, 0.25) is 0 Å². The van der Waals surface area contributed by atoms with Gasteiger partial charge in [0.2, 0.25) is 5.89 Å². The number of aromatic nitrogens is 4. The fraction of sp³-hybridized carbons (Fsp3) is 0.333. The molecule has 0 aliphatic carbocycles. The van der Waals surface area contributed by atoms with Gasteiger partial charge < -0.3 is 9.73 Å². The van der Waals surface area contributed by atoms with Crippen molar-refractivity contribution in [1.29, 1.82) is 0 Å². The van der Waals surface area contributed by atoms with Gasteiger partial charge in [-0.25, -0.2) is 5.10 Å². The summed E-state index contributed by atoms with van der Waals surface area (Å²) in [6.45, 7) is 1.90. The van der Waals surface area contributed by atoms with E-state index in [9.17, 15) is 4.79 Å². The average molecular weight is 221 g/mol. The van der Waals surface area contributed by atoms with Crippen molar-refractivity contribution in [3.05, 3.63) is 28.4 Å². The molecule has 7 nitrogen and oxygen atoms in total. The van der Waals surface area contributed by atoms with Gasteiger partial charge in [-0.3, -0.25) is 4.79 Å². The second kappa shape index (κ2) is 4.23. The Morgan fingerprint density at radius 2 is 2.25 bits per heavy atom. The summed E-state index contributed by atoms with van der Waals surface area (Å²) >= 11 is 0. The number of H-pyrrole nitrogens is 1. The Morgan fingerprint density at radius 1 is 1.44 bits per heavy atom. The van der Waals surface area contributed by atoms with E-state index in [0.717, 1.165) is 0 Å². The van der Waals surface area contributed by atoms with E-state index in [1.165, 1.54) is 12.1 Å². The Labute approximate surface area is 90.9 Å². The molecule has 2 N–H and O–H groups in total. The van der Waals surface area contributed by atoms with Gasteiger partial charge in [0, 0.05) is 6.07 Å². The standard InChI is InChI=1S/C9H11N5O2/c1-5(10-2)8-13-14-9(16-8)6-3-4-7(15)12-11-6/h3-5,10H,1-2H3,(H,12,15). The normalized spacial score (nSPS) is 12.6. The topological polar surface area (TPSA) is 96.7 Å². The van der Waals surface area contributed by atoms with E-state index in [-0.39, 0.29) is 17.5 Å². The first kappa shape index (κ1) is 10.5.